The first kappa shape index (κ1) is 19.6. The van der Waals surface area contributed by atoms with E-state index in [0.29, 0.717) is 17.6 Å². The summed E-state index contributed by atoms with van der Waals surface area (Å²) in [6.07, 6.45) is 0.506. The monoisotopic (exact) mass is 397 g/mol. The van der Waals surface area contributed by atoms with Crippen molar-refractivity contribution >= 4 is 16.9 Å². The number of H-pyrrole nitrogens is 1. The Kier molecular flexibility index (Phi) is 5.70. The second kappa shape index (κ2) is 8.74. The van der Waals surface area contributed by atoms with Gasteiger partial charge in [-0.25, -0.2) is 4.98 Å². The number of nitrogens with zero attached hydrogens (tertiary/aromatic N) is 1. The third-order valence-corrected chi connectivity index (χ3v) is 5.15. The maximum absolute atomic E-state index is 12.4. The van der Waals surface area contributed by atoms with Gasteiger partial charge in [-0.1, -0.05) is 66.7 Å². The lowest BCUT2D eigenvalue weighted by Crippen LogP contribution is -2.27. The number of aromatic amines is 1. The molecule has 0 bridgehead atoms. The molecule has 1 heterocycles. The Bertz CT molecular complexity index is 1210. The highest BCUT2D eigenvalue weighted by Crippen LogP contribution is 2.21. The van der Waals surface area contributed by atoms with Gasteiger partial charge in [0.15, 0.2) is 0 Å². The number of hydrogen-bond acceptors (Lipinski definition) is 3. The van der Waals surface area contributed by atoms with E-state index in [9.17, 15) is 9.59 Å². The highest BCUT2D eigenvalue weighted by molar-refractivity contribution is 5.77. The number of para-hydroxylation sites is 2. The third-order valence-electron chi connectivity index (χ3n) is 5.15. The zero-order valence-corrected chi connectivity index (χ0v) is 16.8. The van der Waals surface area contributed by atoms with Crippen molar-refractivity contribution in [1.82, 2.24) is 15.3 Å². The molecule has 4 aromatic rings. The molecule has 0 saturated heterocycles. The summed E-state index contributed by atoms with van der Waals surface area (Å²) in [5.41, 5.74) is 4.88. The Morgan fingerprint density at radius 1 is 0.933 bits per heavy atom. The third kappa shape index (κ3) is 4.46. The summed E-state index contributed by atoms with van der Waals surface area (Å²) in [6, 6.07) is 25.6. The van der Waals surface area contributed by atoms with Crippen LogP contribution in [0.5, 0.6) is 0 Å². The van der Waals surface area contributed by atoms with E-state index in [4.69, 9.17) is 0 Å². The van der Waals surface area contributed by atoms with Crippen LogP contribution in [0.1, 0.15) is 30.6 Å². The predicted molar refractivity (Wildman–Crippen MR) is 119 cm³/mol. The van der Waals surface area contributed by atoms with E-state index in [0.717, 1.165) is 22.2 Å². The lowest BCUT2D eigenvalue weighted by Gasteiger charge is -2.15. The van der Waals surface area contributed by atoms with Crippen LogP contribution < -0.4 is 10.9 Å². The molecule has 1 atom stereocenters. The first-order chi connectivity index (χ1) is 14.6. The largest absolute Gasteiger partial charge is 0.350 e. The SMILES string of the molecule is CC(NC(=O)CCc1nc2ccccc2[nH]c1=O)c1ccc(-c2ccccc2)cc1. The molecule has 0 radical (unpaired) electrons. The number of nitrogens with one attached hydrogen (secondary N) is 2. The van der Waals surface area contributed by atoms with Crippen molar-refractivity contribution in [2.45, 2.75) is 25.8 Å². The Hall–Kier alpha value is -3.73. The van der Waals surface area contributed by atoms with E-state index in [-0.39, 0.29) is 23.9 Å². The first-order valence-corrected chi connectivity index (χ1v) is 10.0. The van der Waals surface area contributed by atoms with Crippen LogP contribution in [0.4, 0.5) is 0 Å². The van der Waals surface area contributed by atoms with Gasteiger partial charge in [0.25, 0.3) is 5.56 Å². The van der Waals surface area contributed by atoms with Gasteiger partial charge in [-0.15, -0.1) is 0 Å². The van der Waals surface area contributed by atoms with Gasteiger partial charge in [-0.2, -0.15) is 0 Å². The molecule has 0 spiro atoms. The number of benzene rings is 3. The summed E-state index contributed by atoms with van der Waals surface area (Å²) in [4.78, 5) is 31.8. The average molecular weight is 397 g/mol. The van der Waals surface area contributed by atoms with Crippen LogP contribution in [0.3, 0.4) is 0 Å². The van der Waals surface area contributed by atoms with Crippen molar-refractivity contribution in [2.75, 3.05) is 0 Å². The molecule has 1 unspecified atom stereocenters. The van der Waals surface area contributed by atoms with Crippen LogP contribution in [-0.4, -0.2) is 15.9 Å². The van der Waals surface area contributed by atoms with Crippen LogP contribution in [0.2, 0.25) is 0 Å². The van der Waals surface area contributed by atoms with Crippen molar-refractivity contribution in [3.05, 3.63) is 100 Å². The van der Waals surface area contributed by atoms with E-state index < -0.39 is 0 Å². The maximum Gasteiger partial charge on any atom is 0.270 e. The quantitative estimate of drug-likeness (QED) is 0.506. The van der Waals surface area contributed by atoms with Gasteiger partial charge in [0.2, 0.25) is 5.91 Å². The number of aryl methyl sites for hydroxylation is 1. The lowest BCUT2D eigenvalue weighted by atomic mass is 10.0. The van der Waals surface area contributed by atoms with Crippen LogP contribution in [-0.2, 0) is 11.2 Å². The first-order valence-electron chi connectivity index (χ1n) is 10.0. The molecule has 5 nitrogen and oxygen atoms in total. The van der Waals surface area contributed by atoms with E-state index in [1.807, 2.05) is 61.5 Å². The van der Waals surface area contributed by atoms with Gasteiger partial charge in [0, 0.05) is 12.8 Å². The Labute approximate surface area is 174 Å². The van der Waals surface area contributed by atoms with Gasteiger partial charge in [0.1, 0.15) is 5.69 Å². The van der Waals surface area contributed by atoms with Gasteiger partial charge >= 0.3 is 0 Å². The normalized spacial score (nSPS) is 11.9. The number of carbonyl (C=O) groups excluding carboxylic acids is 1. The van der Waals surface area contributed by atoms with Crippen molar-refractivity contribution in [1.29, 1.82) is 0 Å². The zero-order valence-electron chi connectivity index (χ0n) is 16.8. The minimum atomic E-state index is -0.244. The topological polar surface area (TPSA) is 74.8 Å². The molecule has 150 valence electrons. The number of aromatic nitrogens is 2. The molecule has 5 heteroatoms. The molecule has 0 aliphatic heterocycles. The molecule has 0 saturated carbocycles. The molecule has 1 aromatic heterocycles. The zero-order chi connectivity index (χ0) is 20.9. The van der Waals surface area contributed by atoms with Crippen LogP contribution >= 0.6 is 0 Å². The average Bonchev–Trinajstić information content (AvgIpc) is 2.78. The fourth-order valence-corrected chi connectivity index (χ4v) is 3.46. The number of amides is 1. The van der Waals surface area contributed by atoms with Gasteiger partial charge in [-0.05, 0) is 35.7 Å². The minimum Gasteiger partial charge on any atom is -0.350 e. The molecule has 4 rings (SSSR count). The van der Waals surface area contributed by atoms with Crippen LogP contribution in [0, 0.1) is 0 Å². The lowest BCUT2D eigenvalue weighted by molar-refractivity contribution is -0.121. The van der Waals surface area contributed by atoms with E-state index in [1.54, 1.807) is 0 Å². The van der Waals surface area contributed by atoms with E-state index >= 15 is 0 Å². The van der Waals surface area contributed by atoms with Gasteiger partial charge in [-0.3, -0.25) is 9.59 Å². The molecule has 0 fully saturated rings. The number of hydrogen-bond donors (Lipinski definition) is 2. The molecular weight excluding hydrogens is 374 g/mol. The smallest absolute Gasteiger partial charge is 0.270 e. The number of carbonyl (C=O) groups is 1. The molecule has 1 amide bonds. The second-order valence-electron chi connectivity index (χ2n) is 7.31. The summed E-state index contributed by atoms with van der Waals surface area (Å²) in [6.45, 7) is 1.95. The van der Waals surface area contributed by atoms with Gasteiger partial charge in [0.05, 0.1) is 17.1 Å². The molecule has 30 heavy (non-hydrogen) atoms. The predicted octanol–water partition coefficient (Wildman–Crippen LogP) is 4.40. The Morgan fingerprint density at radius 2 is 1.60 bits per heavy atom. The molecular formula is C25H23N3O2. The van der Waals surface area contributed by atoms with Crippen molar-refractivity contribution in [3.8, 4) is 11.1 Å². The van der Waals surface area contributed by atoms with Crippen molar-refractivity contribution in [3.63, 3.8) is 0 Å². The molecule has 3 aromatic carbocycles. The molecule has 2 N–H and O–H groups in total. The van der Waals surface area contributed by atoms with Crippen molar-refractivity contribution in [2.24, 2.45) is 0 Å². The van der Waals surface area contributed by atoms with Crippen LogP contribution in [0.25, 0.3) is 22.2 Å². The summed E-state index contributed by atoms with van der Waals surface area (Å²) in [5, 5.41) is 3.00. The fraction of sp³-hybridized carbons (Fsp3) is 0.160. The Morgan fingerprint density at radius 3 is 2.37 bits per heavy atom. The molecule has 0 aliphatic rings. The Balaban J connectivity index is 1.37. The second-order valence-corrected chi connectivity index (χ2v) is 7.31. The van der Waals surface area contributed by atoms with Crippen molar-refractivity contribution < 1.29 is 4.79 Å². The minimum absolute atomic E-state index is 0.107. The molecule has 0 aliphatic carbocycles. The summed E-state index contributed by atoms with van der Waals surface area (Å²) in [7, 11) is 0. The standard InChI is InChI=1S/C25H23N3O2/c1-17(18-11-13-20(14-12-18)19-7-3-2-4-8-19)26-24(29)16-15-23-25(30)28-22-10-6-5-9-21(22)27-23/h2-14,17H,15-16H2,1H3,(H,26,29)(H,28,30). The summed E-state index contributed by atoms with van der Waals surface area (Å²) < 4.78 is 0. The van der Waals surface area contributed by atoms with E-state index in [2.05, 4.69) is 39.6 Å². The maximum atomic E-state index is 12.4. The highest BCUT2D eigenvalue weighted by Gasteiger charge is 2.12. The summed E-state index contributed by atoms with van der Waals surface area (Å²) in [5.74, 6) is -0.107. The highest BCUT2D eigenvalue weighted by atomic mass is 16.1. The number of fused-ring (bicyclic) bond motifs is 1. The fourth-order valence-electron chi connectivity index (χ4n) is 3.46. The van der Waals surface area contributed by atoms with E-state index in [1.165, 1.54) is 0 Å². The summed E-state index contributed by atoms with van der Waals surface area (Å²) >= 11 is 0. The van der Waals surface area contributed by atoms with Crippen LogP contribution in [0.15, 0.2) is 83.7 Å². The number of rotatable bonds is 6. The van der Waals surface area contributed by atoms with Gasteiger partial charge < -0.3 is 10.3 Å².